The zero-order chi connectivity index (χ0) is 23.7. The molecule has 0 heterocycles. The number of primary amides is 1. The Bertz CT molecular complexity index is 816. The van der Waals surface area contributed by atoms with E-state index in [-0.39, 0.29) is 36.8 Å². The molecule has 0 unspecified atom stereocenters. The smallest absolute Gasteiger partial charge is 0.328 e. The van der Waals surface area contributed by atoms with Crippen LogP contribution in [0.25, 0.3) is 0 Å². The molecule has 0 aliphatic heterocycles. The van der Waals surface area contributed by atoms with Crippen molar-refractivity contribution in [2.75, 3.05) is 6.61 Å². The van der Waals surface area contributed by atoms with Crippen LogP contribution in [0, 0.1) is 0 Å². The van der Waals surface area contributed by atoms with Gasteiger partial charge in [-0.25, -0.2) is 4.79 Å². The summed E-state index contributed by atoms with van der Waals surface area (Å²) in [5.74, 6) is -3.69. The molecule has 8 N–H and O–H groups in total. The Balaban J connectivity index is 3.09. The van der Waals surface area contributed by atoms with E-state index in [1.807, 2.05) is 0 Å². The summed E-state index contributed by atoms with van der Waals surface area (Å²) in [5.41, 5.74) is 10.8. The van der Waals surface area contributed by atoms with E-state index in [1.165, 1.54) is 25.1 Å². The van der Waals surface area contributed by atoms with Crippen LogP contribution in [0.3, 0.4) is 0 Å². The van der Waals surface area contributed by atoms with Gasteiger partial charge in [0.05, 0.1) is 11.7 Å². The maximum atomic E-state index is 12.8. The highest BCUT2D eigenvalue weighted by molar-refractivity contribution is 6.30. The molecule has 11 nitrogen and oxygen atoms in total. The fraction of sp³-hybridized carbons (Fsp3) is 0.474. The lowest BCUT2D eigenvalue weighted by molar-refractivity contribution is -0.145. The highest BCUT2D eigenvalue weighted by Gasteiger charge is 2.30. The topological polar surface area (TPSA) is 194 Å². The van der Waals surface area contributed by atoms with Crippen LogP contribution < -0.4 is 26.8 Å². The number of carboxylic acid groups (broad SMARTS) is 1. The van der Waals surface area contributed by atoms with Gasteiger partial charge in [-0.2, -0.15) is 0 Å². The molecule has 0 aromatic heterocycles. The van der Waals surface area contributed by atoms with E-state index in [9.17, 15) is 24.3 Å². The number of aliphatic hydroxyl groups excluding tert-OH is 1. The van der Waals surface area contributed by atoms with Crippen LogP contribution in [-0.2, 0) is 14.4 Å². The summed E-state index contributed by atoms with van der Waals surface area (Å²) in [4.78, 5) is 47.8. The summed E-state index contributed by atoms with van der Waals surface area (Å²) >= 11 is 5.96. The first-order chi connectivity index (χ1) is 14.4. The van der Waals surface area contributed by atoms with Gasteiger partial charge in [-0.1, -0.05) is 11.6 Å². The third-order valence-corrected chi connectivity index (χ3v) is 4.27. The molecule has 172 valence electrons. The van der Waals surface area contributed by atoms with Crippen LogP contribution in [0.4, 0.5) is 0 Å². The van der Waals surface area contributed by atoms with Gasteiger partial charge in [0.2, 0.25) is 11.8 Å². The van der Waals surface area contributed by atoms with E-state index in [2.05, 4.69) is 10.6 Å². The molecule has 0 radical (unpaired) electrons. The molecule has 12 heteroatoms. The van der Waals surface area contributed by atoms with Gasteiger partial charge in [0, 0.05) is 17.5 Å². The van der Waals surface area contributed by atoms with Gasteiger partial charge in [0.1, 0.15) is 18.4 Å². The Morgan fingerprint density at radius 1 is 1.19 bits per heavy atom. The number of hydrogen-bond acceptors (Lipinski definition) is 7. The number of nitrogens with two attached hydrogens (primary N) is 2. The number of ether oxygens (including phenoxy) is 1. The Morgan fingerprint density at radius 2 is 1.84 bits per heavy atom. The van der Waals surface area contributed by atoms with Gasteiger partial charge >= 0.3 is 5.97 Å². The van der Waals surface area contributed by atoms with E-state index < -0.39 is 41.9 Å². The molecule has 0 aliphatic rings. The van der Waals surface area contributed by atoms with E-state index in [0.29, 0.717) is 5.02 Å². The van der Waals surface area contributed by atoms with E-state index in [0.717, 1.165) is 0 Å². The Labute approximate surface area is 184 Å². The summed E-state index contributed by atoms with van der Waals surface area (Å²) in [7, 11) is 0. The maximum Gasteiger partial charge on any atom is 0.328 e. The molecule has 1 rings (SSSR count). The average molecular weight is 459 g/mol. The van der Waals surface area contributed by atoms with E-state index in [4.69, 9.17) is 32.9 Å². The van der Waals surface area contributed by atoms with Crippen LogP contribution in [0.5, 0.6) is 5.75 Å². The Kier molecular flexibility index (Phi) is 10.2. The summed E-state index contributed by atoms with van der Waals surface area (Å²) in [6, 6.07) is 0.996. The average Bonchev–Trinajstić information content (AvgIpc) is 2.66. The molecular formula is C19H27ClN4O7. The van der Waals surface area contributed by atoms with E-state index >= 15 is 0 Å². The second-order valence-electron chi connectivity index (χ2n) is 7.02. The Morgan fingerprint density at radius 3 is 2.35 bits per heavy atom. The van der Waals surface area contributed by atoms with Gasteiger partial charge in [-0.3, -0.25) is 14.4 Å². The lowest BCUT2D eigenvalue weighted by Gasteiger charge is -2.23. The first-order valence-corrected chi connectivity index (χ1v) is 9.78. The van der Waals surface area contributed by atoms with Crippen molar-refractivity contribution in [3.8, 4) is 5.75 Å². The van der Waals surface area contributed by atoms with Crippen molar-refractivity contribution in [1.29, 1.82) is 0 Å². The minimum absolute atomic E-state index is 0.0484. The van der Waals surface area contributed by atoms with Crippen LogP contribution >= 0.6 is 11.6 Å². The summed E-state index contributed by atoms with van der Waals surface area (Å²) in [6.45, 7) is 2.99. The number of amides is 3. The van der Waals surface area contributed by atoms with Crippen molar-refractivity contribution in [3.63, 3.8) is 0 Å². The maximum absolute atomic E-state index is 12.8. The number of carboxylic acids is 1. The molecule has 31 heavy (non-hydrogen) atoms. The summed E-state index contributed by atoms with van der Waals surface area (Å²) in [5, 5.41) is 23.6. The van der Waals surface area contributed by atoms with Crippen molar-refractivity contribution in [3.05, 3.63) is 28.8 Å². The second-order valence-corrected chi connectivity index (χ2v) is 7.46. The van der Waals surface area contributed by atoms with Gasteiger partial charge in [-0.15, -0.1) is 0 Å². The van der Waals surface area contributed by atoms with Crippen LogP contribution in [0.15, 0.2) is 18.2 Å². The van der Waals surface area contributed by atoms with Gasteiger partial charge < -0.3 is 37.1 Å². The zero-order valence-electron chi connectivity index (χ0n) is 17.1. The van der Waals surface area contributed by atoms with Gasteiger partial charge in [0.25, 0.3) is 5.91 Å². The number of aliphatic hydroxyl groups is 1. The lowest BCUT2D eigenvalue weighted by Crippen LogP contribution is -2.54. The molecule has 0 bridgehead atoms. The predicted molar refractivity (Wildman–Crippen MR) is 112 cm³/mol. The first-order valence-electron chi connectivity index (χ1n) is 9.40. The molecule has 0 spiro atoms. The monoisotopic (exact) mass is 458 g/mol. The van der Waals surface area contributed by atoms with Crippen LogP contribution in [-0.4, -0.2) is 64.7 Å². The highest BCUT2D eigenvalue weighted by atomic mass is 35.5. The minimum Gasteiger partial charge on any atom is -0.491 e. The van der Waals surface area contributed by atoms with E-state index in [1.54, 1.807) is 6.92 Å². The third-order valence-electron chi connectivity index (χ3n) is 4.04. The molecule has 4 atom stereocenters. The van der Waals surface area contributed by atoms with Gasteiger partial charge in [-0.05, 0) is 38.5 Å². The predicted octanol–water partition coefficient (Wildman–Crippen LogP) is -0.620. The summed E-state index contributed by atoms with van der Waals surface area (Å²) < 4.78 is 5.51. The van der Waals surface area contributed by atoms with Crippen LogP contribution in [0.1, 0.15) is 37.0 Å². The number of nitrogens with one attached hydrogen (secondary N) is 2. The lowest BCUT2D eigenvalue weighted by atomic mass is 10.1. The van der Waals surface area contributed by atoms with Gasteiger partial charge in [0.15, 0.2) is 6.04 Å². The fourth-order valence-electron chi connectivity index (χ4n) is 2.46. The number of benzene rings is 1. The van der Waals surface area contributed by atoms with Crippen molar-refractivity contribution >= 4 is 35.3 Å². The minimum atomic E-state index is -1.61. The largest absolute Gasteiger partial charge is 0.491 e. The quantitative estimate of drug-likeness (QED) is 0.238. The van der Waals surface area contributed by atoms with Crippen molar-refractivity contribution in [2.24, 2.45) is 11.5 Å². The van der Waals surface area contributed by atoms with Crippen molar-refractivity contribution < 1.29 is 34.1 Å². The molecular weight excluding hydrogens is 432 g/mol. The fourth-order valence-corrected chi connectivity index (χ4v) is 2.62. The standard InChI is InChI=1S/C19H27ClN4O7/c1-9(21)8-31-14-7-11(20)3-4-12(14)17(27)23-13(5-6-15(22)26)18(28)24-16(10(2)25)19(29)30/h3-4,7,9-10,13,16,25H,5-6,8,21H2,1-2H3,(H2,22,26)(H,23,27)(H,24,28)(H,29,30)/t9-,10-,13+,16+/m1/s1. The molecule has 1 aromatic carbocycles. The normalized spacial score (nSPS) is 14.6. The number of halogens is 1. The molecule has 3 amide bonds. The number of aliphatic carboxylic acids is 1. The Hall–Kier alpha value is -2.89. The van der Waals surface area contributed by atoms with Crippen molar-refractivity contribution in [2.45, 2.75) is 50.9 Å². The molecule has 0 fully saturated rings. The third kappa shape index (κ3) is 8.79. The number of rotatable bonds is 12. The molecule has 0 saturated heterocycles. The number of hydrogen-bond donors (Lipinski definition) is 6. The SMILES string of the molecule is C[C@@H](N)COc1cc(Cl)ccc1C(=O)N[C@@H](CCC(N)=O)C(=O)N[C@H](C(=O)O)[C@@H](C)O. The first kappa shape index (κ1) is 26.1. The zero-order valence-corrected chi connectivity index (χ0v) is 17.9. The molecule has 0 aliphatic carbocycles. The molecule has 0 saturated carbocycles. The molecule has 1 aromatic rings. The summed E-state index contributed by atoms with van der Waals surface area (Å²) in [6.07, 6.45) is -1.84. The highest BCUT2D eigenvalue weighted by Crippen LogP contribution is 2.24. The second kappa shape index (κ2) is 12.1. The van der Waals surface area contributed by atoms with Crippen molar-refractivity contribution in [1.82, 2.24) is 10.6 Å². The van der Waals surface area contributed by atoms with Crippen LogP contribution in [0.2, 0.25) is 5.02 Å². The number of carbonyl (C=O) groups is 4. The number of carbonyl (C=O) groups excluding carboxylic acids is 3.